The molecular formula is C16H12Cl2N4O2. The molecule has 1 N–H and O–H groups in total. The molecule has 1 aromatic carbocycles. The van der Waals surface area contributed by atoms with Crippen molar-refractivity contribution in [3.05, 3.63) is 63.9 Å². The van der Waals surface area contributed by atoms with Gasteiger partial charge < -0.3 is 5.11 Å². The fourth-order valence-electron chi connectivity index (χ4n) is 2.20. The second kappa shape index (κ2) is 6.98. The highest BCUT2D eigenvalue weighted by molar-refractivity contribution is 6.42. The molecule has 0 spiro atoms. The van der Waals surface area contributed by atoms with Gasteiger partial charge in [-0.15, -0.1) is 5.10 Å². The van der Waals surface area contributed by atoms with E-state index in [0.717, 1.165) is 5.56 Å². The molecule has 0 saturated heterocycles. The number of carbonyl (C=O) groups is 1. The lowest BCUT2D eigenvalue weighted by Gasteiger charge is -2.05. The summed E-state index contributed by atoms with van der Waals surface area (Å²) < 4.78 is 1.65. The largest absolute Gasteiger partial charge is 0.477 e. The Balaban J connectivity index is 1.75. The molecule has 3 rings (SSSR count). The van der Waals surface area contributed by atoms with E-state index in [1.807, 2.05) is 12.1 Å². The van der Waals surface area contributed by atoms with E-state index in [9.17, 15) is 4.79 Å². The summed E-state index contributed by atoms with van der Waals surface area (Å²) in [5, 5.41) is 18.1. The monoisotopic (exact) mass is 362 g/mol. The summed E-state index contributed by atoms with van der Waals surface area (Å²) in [6, 6.07) is 10.2. The molecule has 0 amide bonds. The number of hydrogen-bond donors (Lipinski definition) is 1. The van der Waals surface area contributed by atoms with Gasteiger partial charge in [0, 0.05) is 6.54 Å². The van der Waals surface area contributed by atoms with Gasteiger partial charge in [-0.2, -0.15) is 0 Å². The van der Waals surface area contributed by atoms with Gasteiger partial charge in [-0.1, -0.05) is 46.6 Å². The summed E-state index contributed by atoms with van der Waals surface area (Å²) in [5.41, 5.74) is 1.86. The number of halogens is 2. The molecule has 2 heterocycles. The minimum absolute atomic E-state index is 0.0345. The number of aromatic nitrogens is 4. The van der Waals surface area contributed by atoms with Gasteiger partial charge >= 0.3 is 5.97 Å². The van der Waals surface area contributed by atoms with Crippen molar-refractivity contribution in [2.24, 2.45) is 0 Å². The zero-order valence-corrected chi connectivity index (χ0v) is 13.9. The smallest absolute Gasteiger partial charge is 0.354 e. The molecule has 0 radical (unpaired) electrons. The van der Waals surface area contributed by atoms with Gasteiger partial charge in [0.2, 0.25) is 0 Å². The predicted molar refractivity (Wildman–Crippen MR) is 90.4 cm³/mol. The van der Waals surface area contributed by atoms with Crippen molar-refractivity contribution in [1.82, 2.24) is 20.0 Å². The van der Waals surface area contributed by atoms with E-state index >= 15 is 0 Å². The minimum atomic E-state index is -1.08. The molecule has 122 valence electrons. The third kappa shape index (κ3) is 3.55. The molecule has 0 bridgehead atoms. The molecule has 0 saturated carbocycles. The fraction of sp³-hybridized carbons (Fsp3) is 0.125. The van der Waals surface area contributed by atoms with Crippen LogP contribution in [0.5, 0.6) is 0 Å². The van der Waals surface area contributed by atoms with Crippen molar-refractivity contribution in [3.63, 3.8) is 0 Å². The predicted octanol–water partition coefficient (Wildman–Crippen LogP) is 3.59. The Bertz CT molecular complexity index is 895. The summed E-state index contributed by atoms with van der Waals surface area (Å²) >= 11 is 12.2. The highest BCUT2D eigenvalue weighted by atomic mass is 35.5. The van der Waals surface area contributed by atoms with Gasteiger partial charge in [0.15, 0.2) is 0 Å². The first-order valence-corrected chi connectivity index (χ1v) is 7.84. The summed E-state index contributed by atoms with van der Waals surface area (Å²) in [6.45, 7) is 0.561. The normalized spacial score (nSPS) is 10.8. The molecule has 0 aliphatic carbocycles. The molecule has 0 fully saturated rings. The van der Waals surface area contributed by atoms with E-state index in [-0.39, 0.29) is 5.69 Å². The van der Waals surface area contributed by atoms with Gasteiger partial charge in [0.05, 0.1) is 21.9 Å². The summed E-state index contributed by atoms with van der Waals surface area (Å²) in [5.74, 6) is -1.08. The number of carboxylic acids is 1. The van der Waals surface area contributed by atoms with Crippen LogP contribution < -0.4 is 0 Å². The van der Waals surface area contributed by atoms with E-state index in [1.165, 1.54) is 6.07 Å². The van der Waals surface area contributed by atoms with Crippen LogP contribution in [0.25, 0.3) is 11.4 Å². The maximum Gasteiger partial charge on any atom is 0.354 e. The second-order valence-corrected chi connectivity index (χ2v) is 5.83. The molecule has 24 heavy (non-hydrogen) atoms. The Labute approximate surface area is 147 Å². The third-order valence-electron chi connectivity index (χ3n) is 3.41. The number of aryl methyl sites for hydroxylation is 2. The number of aromatic carboxylic acids is 1. The molecule has 2 aromatic heterocycles. The van der Waals surface area contributed by atoms with Crippen molar-refractivity contribution in [3.8, 4) is 11.4 Å². The van der Waals surface area contributed by atoms with Gasteiger partial charge in [0.25, 0.3) is 0 Å². The lowest BCUT2D eigenvalue weighted by Crippen LogP contribution is -2.02. The van der Waals surface area contributed by atoms with Crippen LogP contribution in [0.15, 0.2) is 42.6 Å². The Morgan fingerprint density at radius 1 is 1.12 bits per heavy atom. The molecular weight excluding hydrogens is 351 g/mol. The molecule has 0 unspecified atom stereocenters. The van der Waals surface area contributed by atoms with Crippen molar-refractivity contribution in [2.45, 2.75) is 13.0 Å². The number of carboxylic acid groups (broad SMARTS) is 1. The maximum atomic E-state index is 11.0. The van der Waals surface area contributed by atoms with Crippen LogP contribution in [0, 0.1) is 0 Å². The number of benzene rings is 1. The van der Waals surface area contributed by atoms with E-state index in [1.54, 1.807) is 29.1 Å². The topological polar surface area (TPSA) is 80.9 Å². The summed E-state index contributed by atoms with van der Waals surface area (Å²) in [4.78, 5) is 15.0. The molecule has 6 nitrogen and oxygen atoms in total. The Kier molecular flexibility index (Phi) is 4.78. The lowest BCUT2D eigenvalue weighted by atomic mass is 10.1. The maximum absolute atomic E-state index is 11.0. The molecule has 0 aliphatic rings. The second-order valence-electron chi connectivity index (χ2n) is 5.04. The lowest BCUT2D eigenvalue weighted by molar-refractivity contribution is 0.0690. The van der Waals surface area contributed by atoms with Crippen molar-refractivity contribution >= 4 is 29.2 Å². The molecule has 8 heteroatoms. The first kappa shape index (κ1) is 16.4. The van der Waals surface area contributed by atoms with E-state index < -0.39 is 5.97 Å². The molecule has 3 aromatic rings. The van der Waals surface area contributed by atoms with Gasteiger partial charge in [-0.25, -0.2) is 9.78 Å². The van der Waals surface area contributed by atoms with Crippen molar-refractivity contribution < 1.29 is 9.90 Å². The SMILES string of the molecule is O=C(O)c1cccc(-c2cn(CCc3cccc(Cl)c3Cl)nn2)n1. The number of hydrogen-bond acceptors (Lipinski definition) is 4. The van der Waals surface area contributed by atoms with Crippen LogP contribution in [0.1, 0.15) is 16.1 Å². The van der Waals surface area contributed by atoms with Gasteiger partial charge in [-0.05, 0) is 30.2 Å². The van der Waals surface area contributed by atoms with Crippen molar-refractivity contribution in [1.29, 1.82) is 0 Å². The molecule has 0 atom stereocenters. The van der Waals surface area contributed by atoms with Crippen LogP contribution in [0.4, 0.5) is 0 Å². The average molecular weight is 363 g/mol. The minimum Gasteiger partial charge on any atom is -0.477 e. The number of nitrogens with zero attached hydrogens (tertiary/aromatic N) is 4. The quantitative estimate of drug-likeness (QED) is 0.749. The van der Waals surface area contributed by atoms with Gasteiger partial charge in [-0.3, -0.25) is 4.68 Å². The average Bonchev–Trinajstić information content (AvgIpc) is 3.05. The molecule has 0 aliphatic heterocycles. The highest BCUT2D eigenvalue weighted by Crippen LogP contribution is 2.26. The van der Waals surface area contributed by atoms with E-state index in [0.29, 0.717) is 34.4 Å². The van der Waals surface area contributed by atoms with Crippen molar-refractivity contribution in [2.75, 3.05) is 0 Å². The summed E-state index contributed by atoms with van der Waals surface area (Å²) in [7, 11) is 0. The number of rotatable bonds is 5. The zero-order chi connectivity index (χ0) is 17.1. The van der Waals surface area contributed by atoms with Crippen LogP contribution in [0.2, 0.25) is 10.0 Å². The first-order valence-electron chi connectivity index (χ1n) is 7.08. The fourth-order valence-corrected chi connectivity index (χ4v) is 2.61. The Hall–Kier alpha value is -2.44. The Morgan fingerprint density at radius 2 is 1.92 bits per heavy atom. The first-order chi connectivity index (χ1) is 11.5. The van der Waals surface area contributed by atoms with Gasteiger partial charge in [0.1, 0.15) is 11.4 Å². The third-order valence-corrected chi connectivity index (χ3v) is 4.27. The Morgan fingerprint density at radius 3 is 2.71 bits per heavy atom. The zero-order valence-electron chi connectivity index (χ0n) is 12.4. The van der Waals surface area contributed by atoms with E-state index in [4.69, 9.17) is 28.3 Å². The van der Waals surface area contributed by atoms with Crippen LogP contribution in [0.3, 0.4) is 0 Å². The standard InChI is InChI=1S/C16H12Cl2N4O2/c17-11-4-1-3-10(15(11)18)7-8-22-9-14(20-21-22)12-5-2-6-13(19-12)16(23)24/h1-6,9H,7-8H2,(H,23,24). The van der Waals surface area contributed by atoms with Crippen LogP contribution in [-0.2, 0) is 13.0 Å². The van der Waals surface area contributed by atoms with Crippen LogP contribution in [-0.4, -0.2) is 31.1 Å². The number of pyridine rings is 1. The summed E-state index contributed by atoms with van der Waals surface area (Å²) in [6.07, 6.45) is 2.36. The van der Waals surface area contributed by atoms with E-state index in [2.05, 4.69) is 15.3 Å². The van der Waals surface area contributed by atoms with Crippen LogP contribution >= 0.6 is 23.2 Å². The highest BCUT2D eigenvalue weighted by Gasteiger charge is 2.10.